The number of carbonyl (C=O) groups excluding carboxylic acids is 2. The smallest absolute Gasteiger partial charge is 0.321 e. The van der Waals surface area contributed by atoms with E-state index in [9.17, 15) is 14.4 Å². The third-order valence-electron chi connectivity index (χ3n) is 1.29. The molecule has 0 heterocycles. The lowest BCUT2D eigenvalue weighted by Gasteiger charge is -2.08. The fraction of sp³-hybridized carbons (Fsp3) is 0.571. The van der Waals surface area contributed by atoms with Crippen molar-refractivity contribution < 1.29 is 19.5 Å². The zero-order valence-electron chi connectivity index (χ0n) is 6.88. The van der Waals surface area contributed by atoms with Crippen LogP contribution in [-0.4, -0.2) is 40.7 Å². The van der Waals surface area contributed by atoms with E-state index in [0.29, 0.717) is 12.6 Å². The van der Waals surface area contributed by atoms with Gasteiger partial charge in [-0.2, -0.15) is 0 Å². The first kappa shape index (κ1) is 12.1. The van der Waals surface area contributed by atoms with Crippen LogP contribution in [0.5, 0.6) is 0 Å². The number of nitrogens with two attached hydrogens (primary N) is 1. The van der Waals surface area contributed by atoms with Crippen molar-refractivity contribution in [1.82, 2.24) is 0 Å². The highest BCUT2D eigenvalue weighted by Gasteiger charge is 2.14. The lowest BCUT2D eigenvalue weighted by atomic mass is 10.3. The van der Waals surface area contributed by atoms with E-state index in [4.69, 9.17) is 10.8 Å². The number of aliphatic carboxylic acids is 1. The van der Waals surface area contributed by atoms with Crippen molar-refractivity contribution in [2.45, 2.75) is 17.7 Å². The molecule has 0 amide bonds. The Hall–Kier alpha value is -0.880. The minimum absolute atomic E-state index is 0.0977. The van der Waals surface area contributed by atoms with E-state index in [1.54, 1.807) is 0 Å². The number of aldehydes is 2. The Balaban J connectivity index is 3.77. The molecule has 6 heteroatoms. The van der Waals surface area contributed by atoms with Crippen LogP contribution < -0.4 is 5.73 Å². The van der Waals surface area contributed by atoms with Gasteiger partial charge in [-0.1, -0.05) is 0 Å². The second-order valence-electron chi connectivity index (χ2n) is 2.35. The Morgan fingerprint density at radius 3 is 2.54 bits per heavy atom. The van der Waals surface area contributed by atoms with E-state index < -0.39 is 17.3 Å². The van der Waals surface area contributed by atoms with Gasteiger partial charge in [-0.25, -0.2) is 0 Å². The number of rotatable bonds is 7. The van der Waals surface area contributed by atoms with Gasteiger partial charge in [0.25, 0.3) is 0 Å². The molecule has 0 aromatic rings. The molecular formula is C7H11NO4S. The molecule has 2 unspecified atom stereocenters. The van der Waals surface area contributed by atoms with Crippen LogP contribution in [0.3, 0.4) is 0 Å². The second kappa shape index (κ2) is 6.62. The second-order valence-corrected chi connectivity index (χ2v) is 3.63. The Bertz CT molecular complexity index is 197. The molecule has 5 nitrogen and oxygen atoms in total. The predicted molar refractivity (Wildman–Crippen MR) is 48.6 cm³/mol. The first-order valence-electron chi connectivity index (χ1n) is 3.60. The Morgan fingerprint density at radius 2 is 2.15 bits per heavy atom. The summed E-state index contributed by atoms with van der Waals surface area (Å²) >= 11 is 1.08. The van der Waals surface area contributed by atoms with Gasteiger partial charge in [0, 0.05) is 12.2 Å². The fourth-order valence-electron chi connectivity index (χ4n) is 0.556. The summed E-state index contributed by atoms with van der Waals surface area (Å²) in [5, 5.41) is 7.92. The highest BCUT2D eigenvalue weighted by atomic mass is 32.2. The van der Waals surface area contributed by atoms with Gasteiger partial charge in [0.1, 0.15) is 18.6 Å². The van der Waals surface area contributed by atoms with Gasteiger partial charge < -0.3 is 20.4 Å². The molecule has 0 rings (SSSR count). The Kier molecular flexibility index (Phi) is 6.17. The van der Waals surface area contributed by atoms with Gasteiger partial charge in [-0.05, 0) is 0 Å². The van der Waals surface area contributed by atoms with E-state index in [0.717, 1.165) is 11.8 Å². The number of carboxylic acids is 1. The quantitative estimate of drug-likeness (QED) is 0.533. The van der Waals surface area contributed by atoms with E-state index in [1.165, 1.54) is 0 Å². The van der Waals surface area contributed by atoms with Crippen LogP contribution in [0, 0.1) is 0 Å². The van der Waals surface area contributed by atoms with Crippen LogP contribution in [0.15, 0.2) is 0 Å². The highest BCUT2D eigenvalue weighted by Crippen LogP contribution is 2.12. The maximum Gasteiger partial charge on any atom is 0.321 e. The first-order chi connectivity index (χ1) is 6.11. The normalized spacial score (nSPS) is 14.5. The molecule has 13 heavy (non-hydrogen) atoms. The third-order valence-corrected chi connectivity index (χ3v) is 2.57. The molecule has 0 spiro atoms. The summed E-state index contributed by atoms with van der Waals surface area (Å²) in [5.74, 6) is -0.977. The summed E-state index contributed by atoms with van der Waals surface area (Å²) < 4.78 is 0. The minimum atomic E-state index is -1.11. The molecule has 0 fully saturated rings. The standard InChI is InChI=1S/C7H11NO4S/c8-6(7(11)12)4-13-5(3-10)1-2-9/h2-3,5-6H,1,4,8H2,(H,11,12). The maximum atomic E-state index is 10.3. The van der Waals surface area contributed by atoms with Crippen molar-refractivity contribution >= 4 is 30.3 Å². The van der Waals surface area contributed by atoms with E-state index in [-0.39, 0.29) is 12.2 Å². The SMILES string of the molecule is NC(CSC(C=O)CC=O)C(=O)O. The highest BCUT2D eigenvalue weighted by molar-refractivity contribution is 8.00. The minimum Gasteiger partial charge on any atom is -0.480 e. The van der Waals surface area contributed by atoms with Crippen molar-refractivity contribution in [1.29, 1.82) is 0 Å². The Morgan fingerprint density at radius 1 is 1.54 bits per heavy atom. The molecule has 0 aliphatic rings. The summed E-state index contributed by atoms with van der Waals surface area (Å²) in [6.07, 6.45) is 1.34. The van der Waals surface area contributed by atoms with Crippen LogP contribution in [0.1, 0.15) is 6.42 Å². The van der Waals surface area contributed by atoms with Crippen molar-refractivity contribution in [3.05, 3.63) is 0 Å². The summed E-state index contributed by atoms with van der Waals surface area (Å²) in [6.45, 7) is 0. The summed E-state index contributed by atoms with van der Waals surface area (Å²) in [7, 11) is 0. The van der Waals surface area contributed by atoms with Crippen LogP contribution in [0.4, 0.5) is 0 Å². The number of hydrogen-bond donors (Lipinski definition) is 2. The van der Waals surface area contributed by atoms with Crippen LogP contribution in [0.2, 0.25) is 0 Å². The summed E-state index contributed by atoms with van der Waals surface area (Å²) in [5.41, 5.74) is 5.19. The van der Waals surface area contributed by atoms with Gasteiger partial charge in [0.05, 0.1) is 5.25 Å². The van der Waals surface area contributed by atoms with E-state index in [1.807, 2.05) is 0 Å². The fourth-order valence-corrected chi connectivity index (χ4v) is 1.45. The topological polar surface area (TPSA) is 97.5 Å². The van der Waals surface area contributed by atoms with Crippen molar-refractivity contribution in [2.24, 2.45) is 5.73 Å². The van der Waals surface area contributed by atoms with Crippen LogP contribution >= 0.6 is 11.8 Å². The molecule has 0 aromatic carbocycles. The molecule has 3 N–H and O–H groups in total. The molecular weight excluding hydrogens is 194 g/mol. The zero-order valence-corrected chi connectivity index (χ0v) is 7.70. The van der Waals surface area contributed by atoms with E-state index in [2.05, 4.69) is 0 Å². The molecule has 74 valence electrons. The van der Waals surface area contributed by atoms with Crippen molar-refractivity contribution in [3.63, 3.8) is 0 Å². The third kappa shape index (κ3) is 5.37. The lowest BCUT2D eigenvalue weighted by molar-refractivity contribution is -0.137. The molecule has 0 aromatic heterocycles. The lowest BCUT2D eigenvalue weighted by Crippen LogP contribution is -2.33. The van der Waals surface area contributed by atoms with Gasteiger partial charge >= 0.3 is 5.97 Å². The van der Waals surface area contributed by atoms with Gasteiger partial charge in [0.15, 0.2) is 0 Å². The molecule has 0 saturated heterocycles. The zero-order chi connectivity index (χ0) is 10.3. The average Bonchev–Trinajstić information content (AvgIpc) is 2.11. The number of carbonyl (C=O) groups is 3. The van der Waals surface area contributed by atoms with E-state index >= 15 is 0 Å². The molecule has 0 bridgehead atoms. The monoisotopic (exact) mass is 205 g/mol. The molecule has 0 aliphatic heterocycles. The maximum absolute atomic E-state index is 10.3. The summed E-state index contributed by atoms with van der Waals surface area (Å²) in [4.78, 5) is 30.6. The molecule has 2 atom stereocenters. The average molecular weight is 205 g/mol. The van der Waals surface area contributed by atoms with Gasteiger partial charge in [-0.3, -0.25) is 4.79 Å². The predicted octanol–water partition coefficient (Wildman–Crippen LogP) is -0.712. The number of hydrogen-bond acceptors (Lipinski definition) is 5. The van der Waals surface area contributed by atoms with Gasteiger partial charge in [-0.15, -0.1) is 11.8 Å². The van der Waals surface area contributed by atoms with Crippen LogP contribution in [0.25, 0.3) is 0 Å². The van der Waals surface area contributed by atoms with Crippen molar-refractivity contribution in [2.75, 3.05) is 5.75 Å². The van der Waals surface area contributed by atoms with Crippen molar-refractivity contribution in [3.8, 4) is 0 Å². The first-order valence-corrected chi connectivity index (χ1v) is 4.65. The number of thioether (sulfide) groups is 1. The van der Waals surface area contributed by atoms with Gasteiger partial charge in [0.2, 0.25) is 0 Å². The number of carboxylic acid groups (broad SMARTS) is 1. The Labute approximate surface area is 79.7 Å². The largest absolute Gasteiger partial charge is 0.480 e. The molecule has 0 aliphatic carbocycles. The van der Waals surface area contributed by atoms with Crippen LogP contribution in [-0.2, 0) is 14.4 Å². The molecule has 0 radical (unpaired) electrons. The molecule has 0 saturated carbocycles. The summed E-state index contributed by atoms with van der Waals surface area (Å²) in [6, 6.07) is -0.987.